The van der Waals surface area contributed by atoms with Crippen molar-refractivity contribution in [1.29, 1.82) is 0 Å². The number of carbonyl (C=O) groups is 1. The van der Waals surface area contributed by atoms with Gasteiger partial charge in [-0.2, -0.15) is 0 Å². The third-order valence-corrected chi connectivity index (χ3v) is 4.60. The summed E-state index contributed by atoms with van der Waals surface area (Å²) in [4.78, 5) is 15.8. The summed E-state index contributed by atoms with van der Waals surface area (Å²) in [5, 5.41) is 0. The number of aryl methyl sites for hydroxylation is 1. The van der Waals surface area contributed by atoms with Crippen LogP contribution in [0.25, 0.3) is 0 Å². The lowest BCUT2D eigenvalue weighted by molar-refractivity contribution is -0.143. The van der Waals surface area contributed by atoms with Gasteiger partial charge in [0.05, 0.1) is 38.1 Å². The van der Waals surface area contributed by atoms with Gasteiger partial charge < -0.3 is 19.9 Å². The fraction of sp³-hybridized carbons (Fsp3) is 0.429. The summed E-state index contributed by atoms with van der Waals surface area (Å²) in [6.45, 7) is 3.37. The summed E-state index contributed by atoms with van der Waals surface area (Å²) in [5.41, 5.74) is 8.72. The first kappa shape index (κ1) is 19.0. The maximum Gasteiger partial charge on any atom is 0.306 e. The molecule has 1 aliphatic rings. The van der Waals surface area contributed by atoms with Crippen molar-refractivity contribution in [2.45, 2.75) is 38.5 Å². The Bertz CT molecular complexity index is 761. The van der Waals surface area contributed by atoms with Crippen molar-refractivity contribution >= 4 is 11.7 Å². The minimum Gasteiger partial charge on any atom is -0.493 e. The number of carbonyl (C=O) groups excluding carboxylic acids is 1. The van der Waals surface area contributed by atoms with Crippen molar-refractivity contribution in [3.8, 4) is 11.6 Å². The predicted molar refractivity (Wildman–Crippen MR) is 103 cm³/mol. The number of hydrogen-bond acceptors (Lipinski definition) is 6. The highest BCUT2D eigenvalue weighted by molar-refractivity contribution is 5.71. The van der Waals surface area contributed by atoms with Crippen LogP contribution in [0.1, 0.15) is 43.2 Å². The first-order valence-electron chi connectivity index (χ1n) is 9.41. The molecular weight excluding hydrogens is 344 g/mol. The van der Waals surface area contributed by atoms with E-state index in [1.807, 2.05) is 13.0 Å². The highest BCUT2D eigenvalue weighted by atomic mass is 16.5. The van der Waals surface area contributed by atoms with Crippen LogP contribution < -0.4 is 15.2 Å². The van der Waals surface area contributed by atoms with Crippen LogP contribution in [0.5, 0.6) is 11.6 Å². The number of ether oxygens (including phenoxy) is 3. The van der Waals surface area contributed by atoms with Gasteiger partial charge >= 0.3 is 5.97 Å². The second-order valence-corrected chi connectivity index (χ2v) is 6.59. The Morgan fingerprint density at radius 2 is 2.07 bits per heavy atom. The molecule has 144 valence electrons. The summed E-state index contributed by atoms with van der Waals surface area (Å²) < 4.78 is 16.5. The molecule has 0 unspecified atom stereocenters. The highest BCUT2D eigenvalue weighted by Gasteiger charge is 2.25. The smallest absolute Gasteiger partial charge is 0.306 e. The molecule has 3 rings (SSSR count). The maximum atomic E-state index is 11.7. The summed E-state index contributed by atoms with van der Waals surface area (Å²) in [6, 6.07) is 9.66. The van der Waals surface area contributed by atoms with E-state index in [0.717, 1.165) is 25.0 Å². The van der Waals surface area contributed by atoms with Crippen molar-refractivity contribution in [3.63, 3.8) is 0 Å². The third kappa shape index (κ3) is 5.36. The van der Waals surface area contributed by atoms with Crippen molar-refractivity contribution in [3.05, 3.63) is 47.7 Å². The van der Waals surface area contributed by atoms with Crippen LogP contribution in [-0.2, 0) is 16.0 Å². The molecule has 0 spiro atoms. The molecule has 2 aromatic rings. The number of nitrogens with zero attached hydrogens (tertiary/aromatic N) is 1. The largest absolute Gasteiger partial charge is 0.493 e. The Hall–Kier alpha value is -2.76. The number of fused-ring (bicyclic) bond motifs is 1. The summed E-state index contributed by atoms with van der Waals surface area (Å²) in [7, 11) is 0. The van der Waals surface area contributed by atoms with E-state index in [4.69, 9.17) is 19.9 Å². The standard InChI is InChI=1S/C21H26N2O4/c1-2-25-21(24)13-16-5-4-15-12-18(7-8-19(15)16)26-10-3-11-27-20-9-6-17(22)14-23-20/h6-9,12,14,16H,2-5,10-11,13,22H2,1H3/t16-/m0/s1. The van der Waals surface area contributed by atoms with Gasteiger partial charge in [-0.1, -0.05) is 6.07 Å². The minimum absolute atomic E-state index is 0.119. The lowest BCUT2D eigenvalue weighted by Crippen LogP contribution is -2.08. The van der Waals surface area contributed by atoms with E-state index in [1.54, 1.807) is 18.3 Å². The minimum atomic E-state index is -0.119. The molecule has 0 radical (unpaired) electrons. The Labute approximate surface area is 159 Å². The van der Waals surface area contributed by atoms with Gasteiger partial charge in [-0.25, -0.2) is 4.98 Å². The molecule has 0 amide bonds. The van der Waals surface area contributed by atoms with Crippen LogP contribution in [0.3, 0.4) is 0 Å². The number of nitrogens with two attached hydrogens (primary N) is 1. The molecule has 1 aromatic heterocycles. The number of esters is 1. The number of rotatable bonds is 9. The summed E-state index contributed by atoms with van der Waals surface area (Å²) in [5.74, 6) is 1.56. The average molecular weight is 370 g/mol. The normalized spacial score (nSPS) is 15.2. The monoisotopic (exact) mass is 370 g/mol. The fourth-order valence-electron chi connectivity index (χ4n) is 3.31. The highest BCUT2D eigenvalue weighted by Crippen LogP contribution is 2.37. The van der Waals surface area contributed by atoms with E-state index in [9.17, 15) is 4.79 Å². The number of hydrogen-bond donors (Lipinski definition) is 1. The van der Waals surface area contributed by atoms with Gasteiger partial charge in [0.1, 0.15) is 5.75 Å². The quantitative estimate of drug-likeness (QED) is 0.537. The SMILES string of the molecule is CCOC(=O)C[C@@H]1CCc2cc(OCCCOc3ccc(N)cn3)ccc21. The van der Waals surface area contributed by atoms with E-state index in [0.29, 0.717) is 37.8 Å². The fourth-order valence-corrected chi connectivity index (χ4v) is 3.31. The molecule has 0 saturated heterocycles. The van der Waals surface area contributed by atoms with Crippen LogP contribution in [0, 0.1) is 0 Å². The van der Waals surface area contributed by atoms with Crippen molar-refractivity contribution < 1.29 is 19.0 Å². The topological polar surface area (TPSA) is 83.7 Å². The zero-order valence-corrected chi connectivity index (χ0v) is 15.6. The molecule has 1 heterocycles. The summed E-state index contributed by atoms with van der Waals surface area (Å²) in [6.07, 6.45) is 4.75. The second kappa shape index (κ2) is 9.26. The number of anilines is 1. The Morgan fingerprint density at radius 1 is 1.22 bits per heavy atom. The first-order chi connectivity index (χ1) is 13.2. The molecule has 0 saturated carbocycles. The Kier molecular flexibility index (Phi) is 6.52. The van der Waals surface area contributed by atoms with Gasteiger partial charge in [0.2, 0.25) is 5.88 Å². The van der Waals surface area contributed by atoms with Gasteiger partial charge in [-0.3, -0.25) is 4.79 Å². The van der Waals surface area contributed by atoms with Gasteiger partial charge in [-0.05, 0) is 55.0 Å². The van der Waals surface area contributed by atoms with Gasteiger partial charge in [0.25, 0.3) is 0 Å². The molecule has 1 aromatic carbocycles. The van der Waals surface area contributed by atoms with E-state index >= 15 is 0 Å². The van der Waals surface area contributed by atoms with Crippen LogP contribution >= 0.6 is 0 Å². The van der Waals surface area contributed by atoms with E-state index in [1.165, 1.54) is 11.1 Å². The van der Waals surface area contributed by atoms with Crippen LogP contribution in [0.4, 0.5) is 5.69 Å². The number of benzene rings is 1. The van der Waals surface area contributed by atoms with Gasteiger partial charge in [0, 0.05) is 12.5 Å². The molecular formula is C21H26N2O4. The molecule has 0 bridgehead atoms. The number of aromatic nitrogens is 1. The molecule has 6 nitrogen and oxygen atoms in total. The predicted octanol–water partition coefficient (Wildman–Crippen LogP) is 3.49. The Morgan fingerprint density at radius 3 is 2.85 bits per heavy atom. The van der Waals surface area contributed by atoms with Crippen molar-refractivity contribution in [1.82, 2.24) is 4.98 Å². The van der Waals surface area contributed by atoms with E-state index < -0.39 is 0 Å². The Balaban J connectivity index is 1.43. The molecule has 2 N–H and O–H groups in total. The molecule has 6 heteroatoms. The third-order valence-electron chi connectivity index (χ3n) is 4.60. The number of pyridine rings is 1. The van der Waals surface area contributed by atoms with Crippen LogP contribution in [0.15, 0.2) is 36.5 Å². The second-order valence-electron chi connectivity index (χ2n) is 6.59. The van der Waals surface area contributed by atoms with Gasteiger partial charge in [-0.15, -0.1) is 0 Å². The molecule has 1 aliphatic carbocycles. The molecule has 0 aliphatic heterocycles. The van der Waals surface area contributed by atoms with Crippen molar-refractivity contribution in [2.75, 3.05) is 25.6 Å². The van der Waals surface area contributed by atoms with Crippen molar-refractivity contribution in [2.24, 2.45) is 0 Å². The van der Waals surface area contributed by atoms with E-state index in [2.05, 4.69) is 17.1 Å². The zero-order chi connectivity index (χ0) is 19.1. The lowest BCUT2D eigenvalue weighted by Gasteiger charge is -2.12. The maximum absolute atomic E-state index is 11.7. The lowest BCUT2D eigenvalue weighted by atomic mass is 9.98. The zero-order valence-electron chi connectivity index (χ0n) is 15.6. The first-order valence-corrected chi connectivity index (χ1v) is 9.41. The number of nitrogen functional groups attached to an aromatic ring is 1. The van der Waals surface area contributed by atoms with Gasteiger partial charge in [0.15, 0.2) is 0 Å². The molecule has 27 heavy (non-hydrogen) atoms. The molecule has 1 atom stereocenters. The summed E-state index contributed by atoms with van der Waals surface area (Å²) >= 11 is 0. The van der Waals surface area contributed by atoms with Crippen LogP contribution in [0.2, 0.25) is 0 Å². The van der Waals surface area contributed by atoms with E-state index in [-0.39, 0.29) is 11.9 Å². The van der Waals surface area contributed by atoms with Crippen LogP contribution in [-0.4, -0.2) is 30.8 Å². The average Bonchev–Trinajstić information content (AvgIpc) is 3.05. The molecule has 0 fully saturated rings.